The van der Waals surface area contributed by atoms with Crippen molar-refractivity contribution in [2.24, 2.45) is 0 Å². The van der Waals surface area contributed by atoms with Crippen LogP contribution in [0.2, 0.25) is 5.02 Å². The van der Waals surface area contributed by atoms with Gasteiger partial charge in [-0.15, -0.1) is 0 Å². The third-order valence-electron chi connectivity index (χ3n) is 5.05. The molecule has 0 radical (unpaired) electrons. The van der Waals surface area contributed by atoms with Gasteiger partial charge in [-0.2, -0.15) is 5.26 Å². The Morgan fingerprint density at radius 3 is 2.13 bits per heavy atom. The van der Waals surface area contributed by atoms with Crippen LogP contribution in [0.3, 0.4) is 0 Å². The van der Waals surface area contributed by atoms with Gasteiger partial charge in [-0.25, -0.2) is 0 Å². The Morgan fingerprint density at radius 1 is 0.935 bits per heavy atom. The first-order chi connectivity index (χ1) is 14.9. The van der Waals surface area contributed by atoms with Gasteiger partial charge in [0.25, 0.3) is 11.7 Å². The van der Waals surface area contributed by atoms with Crippen LogP contribution in [-0.2, 0) is 9.59 Å². The van der Waals surface area contributed by atoms with Crippen molar-refractivity contribution < 1.29 is 19.8 Å². The number of phenols is 1. The molecule has 7 heteroatoms. The Hall–Kier alpha value is -4.08. The lowest BCUT2D eigenvalue weighted by Gasteiger charge is -2.25. The molecule has 6 nitrogen and oxygen atoms in total. The van der Waals surface area contributed by atoms with E-state index in [1.807, 2.05) is 6.07 Å². The quantitative estimate of drug-likeness (QED) is 0.360. The van der Waals surface area contributed by atoms with Gasteiger partial charge in [0.15, 0.2) is 0 Å². The van der Waals surface area contributed by atoms with Crippen molar-refractivity contribution in [1.82, 2.24) is 0 Å². The summed E-state index contributed by atoms with van der Waals surface area (Å²) in [7, 11) is 0. The molecular formula is C24H15ClN2O4. The van der Waals surface area contributed by atoms with Gasteiger partial charge in [0.1, 0.15) is 11.5 Å². The number of hydrogen-bond acceptors (Lipinski definition) is 5. The van der Waals surface area contributed by atoms with E-state index in [-0.39, 0.29) is 17.1 Å². The van der Waals surface area contributed by atoms with Gasteiger partial charge < -0.3 is 10.2 Å². The molecule has 0 saturated carbocycles. The van der Waals surface area contributed by atoms with Crippen molar-refractivity contribution in [2.75, 3.05) is 4.90 Å². The average molecular weight is 431 g/mol. The first-order valence-corrected chi connectivity index (χ1v) is 9.64. The highest BCUT2D eigenvalue weighted by Gasteiger charge is 2.46. The largest absolute Gasteiger partial charge is 0.508 e. The second-order valence-electron chi connectivity index (χ2n) is 6.93. The molecule has 3 aromatic carbocycles. The molecular weight excluding hydrogens is 416 g/mol. The molecule has 1 aliphatic rings. The molecule has 3 aromatic rings. The topological polar surface area (TPSA) is 102 Å². The van der Waals surface area contributed by atoms with Crippen molar-refractivity contribution in [2.45, 2.75) is 6.04 Å². The minimum absolute atomic E-state index is 0.0248. The van der Waals surface area contributed by atoms with E-state index >= 15 is 0 Å². The second kappa shape index (κ2) is 7.98. The number of phenolic OH excluding ortho intramolecular Hbond substituents is 1. The van der Waals surface area contributed by atoms with Crippen LogP contribution in [0.15, 0.2) is 78.4 Å². The molecule has 1 fully saturated rings. The fourth-order valence-corrected chi connectivity index (χ4v) is 3.66. The van der Waals surface area contributed by atoms with Crippen LogP contribution in [0.1, 0.15) is 22.7 Å². The van der Waals surface area contributed by atoms with Crippen molar-refractivity contribution >= 4 is 34.7 Å². The number of anilines is 1. The maximum atomic E-state index is 13.0. The predicted octanol–water partition coefficient (Wildman–Crippen LogP) is 4.54. The Kier molecular flexibility index (Phi) is 5.20. The molecule has 1 heterocycles. The first-order valence-electron chi connectivity index (χ1n) is 9.26. The molecule has 0 bridgehead atoms. The Bertz CT molecular complexity index is 1240. The molecule has 1 aliphatic heterocycles. The summed E-state index contributed by atoms with van der Waals surface area (Å²) in [6.07, 6.45) is 0. The summed E-state index contributed by atoms with van der Waals surface area (Å²) in [6, 6.07) is 19.6. The summed E-state index contributed by atoms with van der Waals surface area (Å²) in [5.74, 6) is -1.95. The third-order valence-corrected chi connectivity index (χ3v) is 5.30. The predicted molar refractivity (Wildman–Crippen MR) is 115 cm³/mol. The number of rotatable bonds is 3. The van der Waals surface area contributed by atoms with Crippen molar-refractivity contribution in [3.05, 3.63) is 100 Å². The van der Waals surface area contributed by atoms with Crippen molar-refractivity contribution in [3.63, 3.8) is 0 Å². The fourth-order valence-electron chi connectivity index (χ4n) is 3.53. The van der Waals surface area contributed by atoms with Crippen LogP contribution in [0.5, 0.6) is 5.75 Å². The zero-order chi connectivity index (χ0) is 22.1. The molecule has 1 saturated heterocycles. The highest BCUT2D eigenvalue weighted by atomic mass is 35.5. The molecule has 0 aromatic heterocycles. The van der Waals surface area contributed by atoms with Crippen LogP contribution < -0.4 is 4.90 Å². The van der Waals surface area contributed by atoms with E-state index in [0.717, 1.165) is 0 Å². The van der Waals surface area contributed by atoms with Crippen LogP contribution in [0, 0.1) is 11.3 Å². The smallest absolute Gasteiger partial charge is 0.300 e. The van der Waals surface area contributed by atoms with E-state index < -0.39 is 17.7 Å². The van der Waals surface area contributed by atoms with E-state index in [1.165, 1.54) is 17.0 Å². The standard InChI is InChI=1S/C24H15ClN2O4/c25-17-7-3-16(4-8-17)22(29)20-21(15-5-11-19(28)12-6-15)27(24(31)23(20)30)18-9-1-14(13-26)2-10-18/h1-12,21,28-29H/b22-20+. The molecule has 1 amide bonds. The van der Waals surface area contributed by atoms with E-state index in [1.54, 1.807) is 60.7 Å². The first kappa shape index (κ1) is 20.2. The van der Waals surface area contributed by atoms with E-state index in [4.69, 9.17) is 16.9 Å². The van der Waals surface area contributed by atoms with E-state index in [2.05, 4.69) is 0 Å². The number of halogens is 1. The number of Topliss-reactive ketones (excluding diaryl/α,β-unsaturated/α-hetero) is 1. The number of nitriles is 1. The summed E-state index contributed by atoms with van der Waals surface area (Å²) in [4.78, 5) is 27.3. The summed E-state index contributed by atoms with van der Waals surface area (Å²) < 4.78 is 0. The van der Waals surface area contributed by atoms with Crippen molar-refractivity contribution in [1.29, 1.82) is 5.26 Å². The average Bonchev–Trinajstić information content (AvgIpc) is 3.05. The molecule has 0 spiro atoms. The SMILES string of the molecule is N#Cc1ccc(N2C(=O)C(=O)/C(=C(/O)c3ccc(Cl)cc3)C2c2ccc(O)cc2)cc1. The number of carbonyl (C=O) groups is 2. The van der Waals surface area contributed by atoms with Gasteiger partial charge in [0.05, 0.1) is 23.2 Å². The lowest BCUT2D eigenvalue weighted by Crippen LogP contribution is -2.29. The highest BCUT2D eigenvalue weighted by Crippen LogP contribution is 2.42. The van der Waals surface area contributed by atoms with E-state index in [9.17, 15) is 19.8 Å². The van der Waals surface area contributed by atoms with Crippen LogP contribution >= 0.6 is 11.6 Å². The molecule has 0 aliphatic carbocycles. The second-order valence-corrected chi connectivity index (χ2v) is 7.36. The molecule has 31 heavy (non-hydrogen) atoms. The summed E-state index contributed by atoms with van der Waals surface area (Å²) in [6.45, 7) is 0. The summed E-state index contributed by atoms with van der Waals surface area (Å²) >= 11 is 5.92. The Morgan fingerprint density at radius 2 is 1.55 bits per heavy atom. The maximum absolute atomic E-state index is 13.0. The molecule has 2 N–H and O–H groups in total. The van der Waals surface area contributed by atoms with Crippen LogP contribution in [-0.4, -0.2) is 21.9 Å². The number of ketones is 1. The number of carbonyl (C=O) groups excluding carboxylic acids is 2. The molecule has 152 valence electrons. The number of benzene rings is 3. The Balaban J connectivity index is 1.92. The van der Waals surface area contributed by atoms with Gasteiger partial charge in [0.2, 0.25) is 0 Å². The zero-order valence-electron chi connectivity index (χ0n) is 16.0. The number of nitrogens with zero attached hydrogens (tertiary/aromatic N) is 2. The summed E-state index contributed by atoms with van der Waals surface area (Å²) in [5, 5.41) is 30.2. The highest BCUT2D eigenvalue weighted by molar-refractivity contribution is 6.51. The normalized spacial score (nSPS) is 17.5. The van der Waals surface area contributed by atoms with Gasteiger partial charge >= 0.3 is 0 Å². The number of aliphatic hydroxyl groups is 1. The number of amides is 1. The molecule has 1 unspecified atom stereocenters. The van der Waals surface area contributed by atoms with Gasteiger partial charge in [-0.05, 0) is 66.2 Å². The monoisotopic (exact) mass is 430 g/mol. The van der Waals surface area contributed by atoms with E-state index in [0.29, 0.717) is 27.4 Å². The number of aromatic hydroxyl groups is 1. The summed E-state index contributed by atoms with van der Waals surface area (Å²) in [5.41, 5.74) is 1.59. The molecule has 1 atom stereocenters. The van der Waals surface area contributed by atoms with Crippen molar-refractivity contribution in [3.8, 4) is 11.8 Å². The fraction of sp³-hybridized carbons (Fsp3) is 0.0417. The minimum Gasteiger partial charge on any atom is -0.508 e. The van der Waals surface area contributed by atoms with Gasteiger partial charge in [0, 0.05) is 16.3 Å². The lowest BCUT2D eigenvalue weighted by atomic mass is 9.95. The number of hydrogen-bond donors (Lipinski definition) is 2. The lowest BCUT2D eigenvalue weighted by molar-refractivity contribution is -0.132. The van der Waals surface area contributed by atoms with Crippen LogP contribution in [0.4, 0.5) is 5.69 Å². The molecule has 4 rings (SSSR count). The maximum Gasteiger partial charge on any atom is 0.300 e. The third kappa shape index (κ3) is 3.63. The Labute approximate surface area is 182 Å². The number of aliphatic hydroxyl groups excluding tert-OH is 1. The zero-order valence-corrected chi connectivity index (χ0v) is 16.7. The van der Waals surface area contributed by atoms with Crippen LogP contribution in [0.25, 0.3) is 5.76 Å². The van der Waals surface area contributed by atoms with Gasteiger partial charge in [-0.3, -0.25) is 14.5 Å². The minimum atomic E-state index is -0.927. The van der Waals surface area contributed by atoms with Gasteiger partial charge in [-0.1, -0.05) is 23.7 Å².